The molecule has 1 aliphatic heterocycles. The van der Waals surface area contributed by atoms with Gasteiger partial charge in [0.25, 0.3) is 0 Å². The third-order valence-corrected chi connectivity index (χ3v) is 4.23. The first-order valence-corrected chi connectivity index (χ1v) is 8.58. The molecule has 0 bridgehead atoms. The van der Waals surface area contributed by atoms with Crippen LogP contribution in [0.25, 0.3) is 0 Å². The number of amides is 1. The predicted molar refractivity (Wildman–Crippen MR) is 76.4 cm³/mol. The molecular weight excluding hydrogens is 278 g/mol. The van der Waals surface area contributed by atoms with Crippen molar-refractivity contribution >= 4 is 15.7 Å². The molecule has 110 valence electrons. The van der Waals surface area contributed by atoms with Crippen molar-refractivity contribution < 1.29 is 17.9 Å². The van der Waals surface area contributed by atoms with E-state index in [2.05, 4.69) is 0 Å². The molecule has 2 rings (SSSR count). The first-order chi connectivity index (χ1) is 9.42. The highest BCUT2D eigenvalue weighted by Gasteiger charge is 2.32. The Bertz CT molecular complexity index is 597. The number of rotatable bonds is 4. The van der Waals surface area contributed by atoms with Crippen molar-refractivity contribution in [1.82, 2.24) is 4.90 Å². The molecule has 1 aliphatic rings. The second kappa shape index (κ2) is 5.83. The summed E-state index contributed by atoms with van der Waals surface area (Å²) in [5.41, 5.74) is 0.939. The van der Waals surface area contributed by atoms with Crippen LogP contribution < -0.4 is 4.74 Å². The number of hydrogen-bond donors (Lipinski definition) is 0. The average molecular weight is 297 g/mol. The average Bonchev–Trinajstić information content (AvgIpc) is 2.85. The van der Waals surface area contributed by atoms with E-state index >= 15 is 0 Å². The Labute approximate surface area is 119 Å². The first kappa shape index (κ1) is 14.8. The summed E-state index contributed by atoms with van der Waals surface area (Å²) in [7, 11) is -1.71. The maximum Gasteiger partial charge on any atom is 0.238 e. The minimum Gasteiger partial charge on any atom is -0.496 e. The summed E-state index contributed by atoms with van der Waals surface area (Å²) in [6.07, 6.45) is 2.78. The van der Waals surface area contributed by atoms with Crippen molar-refractivity contribution in [3.05, 3.63) is 29.8 Å². The molecule has 0 spiro atoms. The fourth-order valence-corrected chi connectivity index (χ4v) is 3.25. The minimum atomic E-state index is -3.30. The lowest BCUT2D eigenvalue weighted by molar-refractivity contribution is -0.129. The first-order valence-electron chi connectivity index (χ1n) is 6.52. The Morgan fingerprint density at radius 1 is 1.40 bits per heavy atom. The van der Waals surface area contributed by atoms with Crippen LogP contribution >= 0.6 is 0 Å². The van der Waals surface area contributed by atoms with Crippen molar-refractivity contribution in [1.29, 1.82) is 0 Å². The lowest BCUT2D eigenvalue weighted by Gasteiger charge is -2.26. The summed E-state index contributed by atoms with van der Waals surface area (Å²) in [5, 5.41) is 0. The summed E-state index contributed by atoms with van der Waals surface area (Å²) < 4.78 is 27.9. The van der Waals surface area contributed by atoms with Gasteiger partial charge in [0.15, 0.2) is 9.84 Å². The largest absolute Gasteiger partial charge is 0.496 e. The lowest BCUT2D eigenvalue weighted by Crippen LogP contribution is -2.35. The predicted octanol–water partition coefficient (Wildman–Crippen LogP) is 1.40. The molecule has 0 aliphatic carbocycles. The van der Waals surface area contributed by atoms with E-state index in [-0.39, 0.29) is 11.9 Å². The second-order valence-corrected chi connectivity index (χ2v) is 7.20. The van der Waals surface area contributed by atoms with E-state index in [1.165, 1.54) is 0 Å². The number of nitrogens with zero attached hydrogens (tertiary/aromatic N) is 1. The molecule has 1 fully saturated rings. The number of carbonyl (C=O) groups is 1. The molecule has 1 aromatic carbocycles. The topological polar surface area (TPSA) is 63.7 Å². The summed E-state index contributed by atoms with van der Waals surface area (Å²) in [6.45, 7) is 0.594. The van der Waals surface area contributed by atoms with Gasteiger partial charge in [0.05, 0.1) is 13.2 Å². The van der Waals surface area contributed by atoms with E-state index in [9.17, 15) is 13.2 Å². The molecule has 5 nitrogen and oxygen atoms in total. The molecule has 0 unspecified atom stereocenters. The molecule has 1 amide bonds. The Morgan fingerprint density at radius 3 is 2.75 bits per heavy atom. The summed E-state index contributed by atoms with van der Waals surface area (Å²) in [5.74, 6) is -0.0315. The Morgan fingerprint density at radius 2 is 2.10 bits per heavy atom. The maximum atomic E-state index is 12.2. The number of ether oxygens (including phenoxy) is 1. The van der Waals surface area contributed by atoms with Gasteiger partial charge >= 0.3 is 0 Å². The number of para-hydroxylation sites is 1. The maximum absolute atomic E-state index is 12.2. The number of methoxy groups -OCH3 is 1. The van der Waals surface area contributed by atoms with Gasteiger partial charge in [0, 0.05) is 18.4 Å². The Balaban J connectivity index is 2.25. The summed E-state index contributed by atoms with van der Waals surface area (Å²) in [6, 6.07) is 7.46. The van der Waals surface area contributed by atoms with Gasteiger partial charge in [-0.1, -0.05) is 18.2 Å². The number of carbonyl (C=O) groups excluding carboxylic acids is 1. The van der Waals surface area contributed by atoms with Gasteiger partial charge in [-0.05, 0) is 18.9 Å². The van der Waals surface area contributed by atoms with Crippen molar-refractivity contribution in [2.75, 3.05) is 25.7 Å². The molecule has 1 atom stereocenters. The number of likely N-dealkylation sites (tertiary alicyclic amines) is 1. The van der Waals surface area contributed by atoms with Crippen LogP contribution in [-0.2, 0) is 14.6 Å². The Hall–Kier alpha value is -1.56. The SMILES string of the molecule is COc1ccccc1[C@H]1CCCN1C(=O)CS(C)(=O)=O. The van der Waals surface area contributed by atoms with Crippen molar-refractivity contribution in [3.63, 3.8) is 0 Å². The van der Waals surface area contributed by atoms with Crippen molar-refractivity contribution in [2.45, 2.75) is 18.9 Å². The molecule has 0 saturated carbocycles. The van der Waals surface area contributed by atoms with Gasteiger partial charge in [0.2, 0.25) is 5.91 Å². The minimum absolute atomic E-state index is 0.0969. The number of benzene rings is 1. The van der Waals surface area contributed by atoms with Gasteiger partial charge in [-0.25, -0.2) is 8.42 Å². The standard InChI is InChI=1S/C14H19NO4S/c1-19-13-8-4-3-6-11(13)12-7-5-9-15(12)14(16)10-20(2,17)18/h3-4,6,8,12H,5,7,9-10H2,1-2H3/t12-/m1/s1. The zero-order chi connectivity index (χ0) is 14.8. The quantitative estimate of drug-likeness (QED) is 0.843. The van der Waals surface area contributed by atoms with E-state index < -0.39 is 15.6 Å². The van der Waals surface area contributed by atoms with E-state index in [0.717, 1.165) is 30.4 Å². The monoisotopic (exact) mass is 297 g/mol. The second-order valence-electron chi connectivity index (χ2n) is 5.06. The molecule has 1 heterocycles. The lowest BCUT2D eigenvalue weighted by atomic mass is 10.0. The molecule has 0 aromatic heterocycles. The highest BCUT2D eigenvalue weighted by molar-refractivity contribution is 7.91. The highest BCUT2D eigenvalue weighted by atomic mass is 32.2. The van der Waals surface area contributed by atoms with Gasteiger partial charge in [0.1, 0.15) is 11.5 Å². The van der Waals surface area contributed by atoms with Crippen LogP contribution in [0, 0.1) is 0 Å². The third kappa shape index (κ3) is 3.30. The number of sulfone groups is 1. The van der Waals surface area contributed by atoms with Crippen LogP contribution in [0.4, 0.5) is 0 Å². The van der Waals surface area contributed by atoms with Crippen LogP contribution in [0.3, 0.4) is 0 Å². The van der Waals surface area contributed by atoms with E-state index in [0.29, 0.717) is 6.54 Å². The molecule has 6 heteroatoms. The zero-order valence-electron chi connectivity index (χ0n) is 11.7. The van der Waals surface area contributed by atoms with E-state index in [1.54, 1.807) is 12.0 Å². The molecule has 20 heavy (non-hydrogen) atoms. The third-order valence-electron chi connectivity index (χ3n) is 3.46. The molecule has 1 aromatic rings. The Kier molecular flexibility index (Phi) is 4.32. The van der Waals surface area contributed by atoms with Crippen LogP contribution in [0.5, 0.6) is 5.75 Å². The molecule has 0 N–H and O–H groups in total. The molecule has 0 radical (unpaired) electrons. The van der Waals surface area contributed by atoms with Crippen LogP contribution in [-0.4, -0.2) is 44.9 Å². The van der Waals surface area contributed by atoms with Crippen LogP contribution in [0.15, 0.2) is 24.3 Å². The molecule has 1 saturated heterocycles. The number of hydrogen-bond acceptors (Lipinski definition) is 4. The highest BCUT2D eigenvalue weighted by Crippen LogP contribution is 2.36. The van der Waals surface area contributed by atoms with Gasteiger partial charge in [-0.15, -0.1) is 0 Å². The van der Waals surface area contributed by atoms with Crippen molar-refractivity contribution in [3.8, 4) is 5.75 Å². The van der Waals surface area contributed by atoms with Gasteiger partial charge in [-0.2, -0.15) is 0 Å². The zero-order valence-corrected chi connectivity index (χ0v) is 12.5. The summed E-state index contributed by atoms with van der Waals surface area (Å²) in [4.78, 5) is 13.8. The van der Waals surface area contributed by atoms with Gasteiger partial charge in [-0.3, -0.25) is 4.79 Å². The summed E-state index contributed by atoms with van der Waals surface area (Å²) >= 11 is 0. The smallest absolute Gasteiger partial charge is 0.238 e. The fraction of sp³-hybridized carbons (Fsp3) is 0.500. The van der Waals surface area contributed by atoms with Crippen molar-refractivity contribution in [2.24, 2.45) is 0 Å². The van der Waals surface area contributed by atoms with E-state index in [4.69, 9.17) is 4.74 Å². The van der Waals surface area contributed by atoms with Crippen LogP contribution in [0.1, 0.15) is 24.4 Å². The van der Waals surface area contributed by atoms with Crippen LogP contribution in [0.2, 0.25) is 0 Å². The fourth-order valence-electron chi connectivity index (χ4n) is 2.64. The molecular formula is C14H19NO4S. The van der Waals surface area contributed by atoms with Gasteiger partial charge < -0.3 is 9.64 Å². The van der Waals surface area contributed by atoms with E-state index in [1.807, 2.05) is 24.3 Å². The normalized spacial score (nSPS) is 19.1.